The zero-order valence-corrected chi connectivity index (χ0v) is 11.1. The van der Waals surface area contributed by atoms with Gasteiger partial charge in [0.05, 0.1) is 6.61 Å². The third-order valence-electron chi connectivity index (χ3n) is 3.05. The van der Waals surface area contributed by atoms with Gasteiger partial charge < -0.3 is 15.7 Å². The van der Waals surface area contributed by atoms with Gasteiger partial charge in [0, 0.05) is 19.1 Å². The lowest BCUT2D eigenvalue weighted by molar-refractivity contribution is 0.222. The summed E-state index contributed by atoms with van der Waals surface area (Å²) in [7, 11) is 2.04. The lowest BCUT2D eigenvalue weighted by Crippen LogP contribution is -2.38. The third kappa shape index (κ3) is 4.86. The van der Waals surface area contributed by atoms with Crippen LogP contribution in [0.25, 0.3) is 0 Å². The van der Waals surface area contributed by atoms with Crippen molar-refractivity contribution >= 4 is 0 Å². The Hall–Kier alpha value is -0.900. The molecule has 1 aromatic rings. The highest BCUT2D eigenvalue weighted by Crippen LogP contribution is 2.11. The Labute approximate surface area is 104 Å². The minimum Gasteiger partial charge on any atom is -0.395 e. The van der Waals surface area contributed by atoms with Crippen molar-refractivity contribution in [2.24, 2.45) is 5.73 Å². The maximum absolute atomic E-state index is 8.90. The monoisotopic (exact) mass is 236 g/mol. The number of hydrogen-bond donors (Lipinski definition) is 2. The first-order valence-corrected chi connectivity index (χ1v) is 6.14. The average molecular weight is 236 g/mol. The van der Waals surface area contributed by atoms with Crippen LogP contribution in [0.5, 0.6) is 0 Å². The summed E-state index contributed by atoms with van der Waals surface area (Å²) in [6, 6.07) is 6.42. The molecule has 0 fully saturated rings. The van der Waals surface area contributed by atoms with Crippen LogP contribution in [-0.2, 0) is 6.42 Å². The van der Waals surface area contributed by atoms with Crippen molar-refractivity contribution in [2.45, 2.75) is 26.3 Å². The van der Waals surface area contributed by atoms with Crippen LogP contribution in [0.1, 0.15) is 16.7 Å². The van der Waals surface area contributed by atoms with Crippen LogP contribution >= 0.6 is 0 Å². The molecule has 0 radical (unpaired) electrons. The van der Waals surface area contributed by atoms with Crippen molar-refractivity contribution in [3.8, 4) is 0 Å². The summed E-state index contributed by atoms with van der Waals surface area (Å²) in [6.45, 7) is 6.02. The number of likely N-dealkylation sites (N-methyl/N-ethyl adjacent to an activating group) is 1. The molecule has 1 aromatic carbocycles. The van der Waals surface area contributed by atoms with E-state index in [1.165, 1.54) is 16.7 Å². The average Bonchev–Trinajstić information content (AvgIpc) is 2.30. The molecule has 0 aliphatic carbocycles. The zero-order valence-electron chi connectivity index (χ0n) is 11.1. The van der Waals surface area contributed by atoms with Gasteiger partial charge in [-0.25, -0.2) is 0 Å². The van der Waals surface area contributed by atoms with Gasteiger partial charge in [-0.1, -0.05) is 23.8 Å². The fourth-order valence-electron chi connectivity index (χ4n) is 1.93. The van der Waals surface area contributed by atoms with E-state index in [0.29, 0.717) is 0 Å². The third-order valence-corrected chi connectivity index (χ3v) is 3.05. The molecule has 1 rings (SSSR count). The van der Waals surface area contributed by atoms with Gasteiger partial charge in [-0.3, -0.25) is 0 Å². The van der Waals surface area contributed by atoms with Gasteiger partial charge in [0.25, 0.3) is 0 Å². The maximum Gasteiger partial charge on any atom is 0.0595 e. The van der Waals surface area contributed by atoms with E-state index in [-0.39, 0.29) is 12.6 Å². The molecule has 0 bridgehead atoms. The van der Waals surface area contributed by atoms with Crippen LogP contribution in [0.4, 0.5) is 0 Å². The number of aliphatic hydroxyl groups is 1. The minimum atomic E-state index is -0.140. The van der Waals surface area contributed by atoms with E-state index in [9.17, 15) is 0 Å². The van der Waals surface area contributed by atoms with Crippen LogP contribution in [-0.4, -0.2) is 42.8 Å². The highest BCUT2D eigenvalue weighted by molar-refractivity contribution is 5.30. The summed E-state index contributed by atoms with van der Waals surface area (Å²) in [5, 5.41) is 8.90. The predicted molar refractivity (Wildman–Crippen MR) is 72.2 cm³/mol. The van der Waals surface area contributed by atoms with E-state index in [2.05, 4.69) is 36.9 Å². The molecule has 0 aromatic heterocycles. The fraction of sp³-hybridized carbons (Fsp3) is 0.571. The van der Waals surface area contributed by atoms with Crippen molar-refractivity contribution in [2.75, 3.05) is 26.7 Å². The molecule has 0 aliphatic rings. The summed E-state index contributed by atoms with van der Waals surface area (Å²) in [5.74, 6) is 0. The molecule has 96 valence electrons. The van der Waals surface area contributed by atoms with E-state index >= 15 is 0 Å². The van der Waals surface area contributed by atoms with Crippen LogP contribution in [0, 0.1) is 13.8 Å². The molecule has 1 unspecified atom stereocenters. The smallest absolute Gasteiger partial charge is 0.0595 e. The Bertz CT molecular complexity index is 352. The SMILES string of the molecule is Cc1ccc(C)c(CCN(C)CC(N)CO)c1. The van der Waals surface area contributed by atoms with Gasteiger partial charge >= 0.3 is 0 Å². The first-order chi connectivity index (χ1) is 8.02. The Kier molecular flexibility index (Phi) is 5.62. The van der Waals surface area contributed by atoms with Gasteiger partial charge in [-0.15, -0.1) is 0 Å². The molecule has 3 heteroatoms. The molecule has 0 saturated heterocycles. The van der Waals surface area contributed by atoms with Crippen LogP contribution in [0.3, 0.4) is 0 Å². The van der Waals surface area contributed by atoms with Crippen LogP contribution in [0.2, 0.25) is 0 Å². The highest BCUT2D eigenvalue weighted by atomic mass is 16.3. The summed E-state index contributed by atoms with van der Waals surface area (Å²) in [4.78, 5) is 2.17. The summed E-state index contributed by atoms with van der Waals surface area (Å²) >= 11 is 0. The number of rotatable bonds is 6. The number of benzene rings is 1. The number of aliphatic hydroxyl groups excluding tert-OH is 1. The summed E-state index contributed by atoms with van der Waals surface area (Å²) in [6.07, 6.45) is 1.03. The molecule has 17 heavy (non-hydrogen) atoms. The van der Waals surface area contributed by atoms with E-state index in [4.69, 9.17) is 10.8 Å². The van der Waals surface area contributed by atoms with E-state index < -0.39 is 0 Å². The minimum absolute atomic E-state index is 0.0494. The molecule has 1 atom stereocenters. The molecular weight excluding hydrogens is 212 g/mol. The highest BCUT2D eigenvalue weighted by Gasteiger charge is 2.06. The molecule has 0 spiro atoms. The Morgan fingerprint density at radius 2 is 2.06 bits per heavy atom. The van der Waals surface area contributed by atoms with Gasteiger partial charge in [0.2, 0.25) is 0 Å². The normalized spacial score (nSPS) is 13.1. The second-order valence-electron chi connectivity index (χ2n) is 4.88. The second-order valence-corrected chi connectivity index (χ2v) is 4.88. The molecule has 0 saturated carbocycles. The Morgan fingerprint density at radius 3 is 2.71 bits per heavy atom. The largest absolute Gasteiger partial charge is 0.395 e. The van der Waals surface area contributed by atoms with E-state index in [1.807, 2.05) is 7.05 Å². The van der Waals surface area contributed by atoms with Crippen molar-refractivity contribution in [1.82, 2.24) is 4.90 Å². The fourth-order valence-corrected chi connectivity index (χ4v) is 1.93. The number of nitrogens with zero attached hydrogens (tertiary/aromatic N) is 1. The summed E-state index contributed by atoms with van der Waals surface area (Å²) in [5.41, 5.74) is 9.75. The van der Waals surface area contributed by atoms with Crippen LogP contribution < -0.4 is 5.73 Å². The molecule has 3 N–H and O–H groups in total. The second kappa shape index (κ2) is 6.74. The van der Waals surface area contributed by atoms with Gasteiger partial charge in [-0.05, 0) is 38.4 Å². The lowest BCUT2D eigenvalue weighted by atomic mass is 10.0. The number of nitrogens with two attached hydrogens (primary N) is 1. The van der Waals surface area contributed by atoms with Crippen LogP contribution in [0.15, 0.2) is 18.2 Å². The lowest BCUT2D eigenvalue weighted by Gasteiger charge is -2.20. The topological polar surface area (TPSA) is 49.5 Å². The number of aryl methyl sites for hydroxylation is 2. The molecular formula is C14H24N2O. The predicted octanol–water partition coefficient (Wildman–Crippen LogP) is 1.10. The standard InChI is InChI=1S/C14H24N2O/c1-11-4-5-12(2)13(8-11)6-7-16(3)9-14(15)10-17/h4-5,8,14,17H,6-7,9-10,15H2,1-3H3. The number of hydrogen-bond acceptors (Lipinski definition) is 3. The Morgan fingerprint density at radius 1 is 1.35 bits per heavy atom. The van der Waals surface area contributed by atoms with E-state index in [0.717, 1.165) is 19.5 Å². The van der Waals surface area contributed by atoms with Crippen molar-refractivity contribution in [3.05, 3.63) is 34.9 Å². The van der Waals surface area contributed by atoms with Gasteiger partial charge in [0.15, 0.2) is 0 Å². The zero-order chi connectivity index (χ0) is 12.8. The Balaban J connectivity index is 2.47. The molecule has 3 nitrogen and oxygen atoms in total. The first kappa shape index (κ1) is 14.2. The molecule has 0 aliphatic heterocycles. The van der Waals surface area contributed by atoms with Gasteiger partial charge in [-0.2, -0.15) is 0 Å². The quantitative estimate of drug-likeness (QED) is 0.777. The van der Waals surface area contributed by atoms with Crippen molar-refractivity contribution in [1.29, 1.82) is 0 Å². The van der Waals surface area contributed by atoms with E-state index in [1.54, 1.807) is 0 Å². The van der Waals surface area contributed by atoms with Crippen molar-refractivity contribution in [3.63, 3.8) is 0 Å². The first-order valence-electron chi connectivity index (χ1n) is 6.14. The summed E-state index contributed by atoms with van der Waals surface area (Å²) < 4.78 is 0. The molecule has 0 amide bonds. The van der Waals surface area contributed by atoms with Gasteiger partial charge in [0.1, 0.15) is 0 Å². The van der Waals surface area contributed by atoms with Crippen molar-refractivity contribution < 1.29 is 5.11 Å². The molecule has 0 heterocycles. The maximum atomic E-state index is 8.90.